The molecule has 0 radical (unpaired) electrons. The summed E-state index contributed by atoms with van der Waals surface area (Å²) in [5.74, 6) is -0.304. The Morgan fingerprint density at radius 2 is 1.96 bits per heavy atom. The Morgan fingerprint density at radius 1 is 1.24 bits per heavy atom. The Morgan fingerprint density at radius 3 is 2.64 bits per heavy atom. The molecule has 0 saturated carbocycles. The lowest BCUT2D eigenvalue weighted by Gasteiger charge is -2.18. The standard InChI is InChI=1S/C18H18N4O3/c1-18(2,3)14-7-5-13(6-8-14)17(23)20-19-11-12-4-9-15-16(10-12)22(24)25-21-15/h4-11H,1-3H3,(H,20,23)/b19-11+. The summed E-state index contributed by atoms with van der Waals surface area (Å²) in [6.07, 6.45) is 1.45. The van der Waals surface area contributed by atoms with Crippen molar-refractivity contribution in [2.24, 2.45) is 5.10 Å². The van der Waals surface area contributed by atoms with Crippen LogP contribution >= 0.6 is 0 Å². The quantitative estimate of drug-likeness (QED) is 0.451. The second-order valence-electron chi connectivity index (χ2n) is 6.70. The Labute approximate surface area is 144 Å². The van der Waals surface area contributed by atoms with E-state index in [0.717, 1.165) is 5.56 Å². The summed E-state index contributed by atoms with van der Waals surface area (Å²) in [5.41, 5.74) is 5.58. The molecule has 0 bridgehead atoms. The van der Waals surface area contributed by atoms with Crippen LogP contribution in [0.1, 0.15) is 42.3 Å². The maximum absolute atomic E-state index is 12.1. The van der Waals surface area contributed by atoms with Crippen molar-refractivity contribution in [1.82, 2.24) is 10.6 Å². The normalized spacial score (nSPS) is 12.0. The van der Waals surface area contributed by atoms with Gasteiger partial charge in [-0.25, -0.2) is 5.43 Å². The van der Waals surface area contributed by atoms with Crippen LogP contribution in [0.2, 0.25) is 0 Å². The molecule has 3 aromatic rings. The molecule has 1 heterocycles. The van der Waals surface area contributed by atoms with E-state index < -0.39 is 0 Å². The number of fused-ring (bicyclic) bond motifs is 1. The van der Waals surface area contributed by atoms with Crippen LogP contribution in [-0.2, 0) is 5.41 Å². The monoisotopic (exact) mass is 338 g/mol. The molecule has 0 atom stereocenters. The molecule has 0 spiro atoms. The fourth-order valence-corrected chi connectivity index (χ4v) is 2.32. The van der Waals surface area contributed by atoms with Crippen molar-refractivity contribution in [1.29, 1.82) is 0 Å². The van der Waals surface area contributed by atoms with Gasteiger partial charge in [-0.05, 0) is 45.7 Å². The number of nitrogens with one attached hydrogen (secondary N) is 1. The molecule has 1 aromatic heterocycles. The summed E-state index contributed by atoms with van der Waals surface area (Å²) in [6.45, 7) is 6.35. The lowest BCUT2D eigenvalue weighted by Crippen LogP contribution is -2.22. The predicted molar refractivity (Wildman–Crippen MR) is 93.2 cm³/mol. The summed E-state index contributed by atoms with van der Waals surface area (Å²) < 4.78 is 4.50. The molecule has 2 aromatic carbocycles. The Kier molecular flexibility index (Phi) is 4.22. The van der Waals surface area contributed by atoms with E-state index in [1.807, 2.05) is 12.1 Å². The van der Waals surface area contributed by atoms with Crippen LogP contribution in [0, 0.1) is 5.21 Å². The molecular weight excluding hydrogens is 320 g/mol. The van der Waals surface area contributed by atoms with E-state index >= 15 is 0 Å². The van der Waals surface area contributed by atoms with Gasteiger partial charge in [0.05, 0.1) is 6.21 Å². The SMILES string of the molecule is CC(C)(C)c1ccc(C(=O)N/N=C/c2ccc3no[n+]([O-])c3c2)cc1. The molecule has 0 saturated heterocycles. The maximum Gasteiger partial charge on any atom is 0.271 e. The minimum Gasteiger partial charge on any atom is -0.359 e. The number of benzene rings is 2. The first kappa shape index (κ1) is 16.6. The number of hydrogen-bond donors (Lipinski definition) is 1. The first-order valence-corrected chi connectivity index (χ1v) is 7.78. The van der Waals surface area contributed by atoms with Crippen LogP contribution in [0.4, 0.5) is 0 Å². The van der Waals surface area contributed by atoms with Crippen molar-refractivity contribution >= 4 is 23.2 Å². The van der Waals surface area contributed by atoms with E-state index in [-0.39, 0.29) is 11.3 Å². The second-order valence-corrected chi connectivity index (χ2v) is 6.70. The van der Waals surface area contributed by atoms with Crippen molar-refractivity contribution in [3.8, 4) is 0 Å². The van der Waals surface area contributed by atoms with Crippen LogP contribution in [0.3, 0.4) is 0 Å². The van der Waals surface area contributed by atoms with Crippen molar-refractivity contribution in [2.45, 2.75) is 26.2 Å². The van der Waals surface area contributed by atoms with Crippen LogP contribution in [-0.4, -0.2) is 17.3 Å². The molecule has 0 unspecified atom stereocenters. The number of hydrogen-bond acceptors (Lipinski definition) is 5. The molecule has 1 amide bonds. The topological polar surface area (TPSA) is 94.4 Å². The van der Waals surface area contributed by atoms with Crippen molar-refractivity contribution in [3.63, 3.8) is 0 Å². The lowest BCUT2D eigenvalue weighted by molar-refractivity contribution is -0.782. The Hall–Kier alpha value is -3.22. The summed E-state index contributed by atoms with van der Waals surface area (Å²) in [5, 5.41) is 18.9. The third kappa shape index (κ3) is 3.65. The summed E-state index contributed by atoms with van der Waals surface area (Å²) >= 11 is 0. The number of carbonyl (C=O) groups excluding carboxylic acids is 1. The summed E-state index contributed by atoms with van der Waals surface area (Å²) in [6, 6.07) is 12.4. The van der Waals surface area contributed by atoms with Gasteiger partial charge in [-0.1, -0.05) is 32.9 Å². The van der Waals surface area contributed by atoms with Gasteiger partial charge in [0.1, 0.15) is 0 Å². The average molecular weight is 338 g/mol. The van der Waals surface area contributed by atoms with E-state index in [9.17, 15) is 10.0 Å². The van der Waals surface area contributed by atoms with E-state index in [1.54, 1.807) is 30.3 Å². The van der Waals surface area contributed by atoms with Gasteiger partial charge in [0.15, 0.2) is 0 Å². The Balaban J connectivity index is 1.68. The molecule has 0 aliphatic carbocycles. The van der Waals surface area contributed by atoms with Crippen molar-refractivity contribution in [2.75, 3.05) is 0 Å². The van der Waals surface area contributed by atoms with Crippen LogP contribution < -0.4 is 10.3 Å². The number of amides is 1. The smallest absolute Gasteiger partial charge is 0.271 e. The highest BCUT2D eigenvalue weighted by atomic mass is 16.8. The molecule has 0 fully saturated rings. The highest BCUT2D eigenvalue weighted by Crippen LogP contribution is 2.22. The minimum absolute atomic E-state index is 0.0339. The van der Waals surface area contributed by atoms with Gasteiger partial charge in [-0.3, -0.25) is 9.42 Å². The number of nitrogens with zero attached hydrogens (tertiary/aromatic N) is 3. The molecular formula is C18H18N4O3. The van der Waals surface area contributed by atoms with E-state index in [4.69, 9.17) is 0 Å². The largest absolute Gasteiger partial charge is 0.359 e. The van der Waals surface area contributed by atoms with Gasteiger partial charge in [-0.2, -0.15) is 5.10 Å². The minimum atomic E-state index is -0.304. The van der Waals surface area contributed by atoms with Gasteiger partial charge >= 0.3 is 0 Å². The van der Waals surface area contributed by atoms with Gasteiger partial charge in [0.25, 0.3) is 5.91 Å². The van der Waals surface area contributed by atoms with Crippen LogP contribution in [0.25, 0.3) is 11.0 Å². The molecule has 3 rings (SSSR count). The van der Waals surface area contributed by atoms with E-state index in [2.05, 4.69) is 41.1 Å². The molecule has 7 nitrogen and oxygen atoms in total. The maximum atomic E-state index is 12.1. The predicted octanol–water partition coefficient (Wildman–Crippen LogP) is 2.52. The van der Waals surface area contributed by atoms with Gasteiger partial charge in [0.2, 0.25) is 11.0 Å². The average Bonchev–Trinajstić information content (AvgIpc) is 2.95. The van der Waals surface area contributed by atoms with E-state index in [1.165, 1.54) is 6.21 Å². The van der Waals surface area contributed by atoms with Gasteiger partial charge < -0.3 is 5.21 Å². The first-order valence-electron chi connectivity index (χ1n) is 7.78. The molecule has 128 valence electrons. The zero-order valence-electron chi connectivity index (χ0n) is 14.2. The molecule has 7 heteroatoms. The molecule has 1 N–H and O–H groups in total. The zero-order valence-corrected chi connectivity index (χ0v) is 14.2. The second kappa shape index (κ2) is 6.35. The number of rotatable bonds is 3. The van der Waals surface area contributed by atoms with Crippen molar-refractivity contribution in [3.05, 3.63) is 64.4 Å². The highest BCUT2D eigenvalue weighted by molar-refractivity contribution is 5.95. The van der Waals surface area contributed by atoms with Crippen LogP contribution in [0.5, 0.6) is 0 Å². The fraction of sp³-hybridized carbons (Fsp3) is 0.222. The Bertz CT molecular complexity index is 937. The van der Waals surface area contributed by atoms with Gasteiger partial charge in [0, 0.05) is 16.8 Å². The van der Waals surface area contributed by atoms with Gasteiger partial charge in [-0.15, -0.1) is 0 Å². The molecule has 0 aliphatic rings. The third-order valence-corrected chi connectivity index (χ3v) is 3.80. The van der Waals surface area contributed by atoms with Crippen LogP contribution in [0.15, 0.2) is 52.2 Å². The first-order chi connectivity index (χ1) is 11.8. The molecule has 0 aliphatic heterocycles. The highest BCUT2D eigenvalue weighted by Gasteiger charge is 2.14. The third-order valence-electron chi connectivity index (χ3n) is 3.80. The number of aromatic nitrogens is 2. The lowest BCUT2D eigenvalue weighted by atomic mass is 9.87. The molecule has 25 heavy (non-hydrogen) atoms. The summed E-state index contributed by atoms with van der Waals surface area (Å²) in [7, 11) is 0. The number of hydrazone groups is 1. The summed E-state index contributed by atoms with van der Waals surface area (Å²) in [4.78, 5) is 12.4. The van der Waals surface area contributed by atoms with Crippen molar-refractivity contribution < 1.29 is 14.3 Å². The number of carbonyl (C=O) groups is 1. The van der Waals surface area contributed by atoms with E-state index in [0.29, 0.717) is 27.1 Å². The zero-order chi connectivity index (χ0) is 18.0. The fourth-order valence-electron chi connectivity index (χ4n) is 2.32.